The minimum Gasteiger partial charge on any atom is -0.493 e. The number of nitrogens with zero attached hydrogens (tertiary/aromatic N) is 2. The molecular weight excluding hydrogens is 346 g/mol. The lowest BCUT2D eigenvalue weighted by Crippen LogP contribution is -2.50. The smallest absolute Gasteiger partial charge is 0.317 e. The molecule has 0 aliphatic carbocycles. The minimum atomic E-state index is -0.0184. The van der Waals surface area contributed by atoms with Gasteiger partial charge in [0.25, 0.3) is 0 Å². The molecular formula is C20H31N3O4. The van der Waals surface area contributed by atoms with E-state index >= 15 is 0 Å². The Morgan fingerprint density at radius 3 is 2.30 bits per heavy atom. The van der Waals surface area contributed by atoms with Gasteiger partial charge in [-0.3, -0.25) is 4.79 Å². The third-order valence-corrected chi connectivity index (χ3v) is 5.03. The van der Waals surface area contributed by atoms with E-state index in [0.29, 0.717) is 44.1 Å². The quantitative estimate of drug-likeness (QED) is 0.791. The van der Waals surface area contributed by atoms with Crippen LogP contribution in [0.15, 0.2) is 18.2 Å². The number of ether oxygens (including phenoxy) is 2. The summed E-state index contributed by atoms with van der Waals surface area (Å²) in [6.07, 6.45) is 1.90. The van der Waals surface area contributed by atoms with Crippen LogP contribution in [0, 0.1) is 0 Å². The number of benzene rings is 1. The molecule has 1 aromatic carbocycles. The third-order valence-electron chi connectivity index (χ3n) is 5.03. The third kappa shape index (κ3) is 5.52. The second kappa shape index (κ2) is 10.0. The molecule has 1 N–H and O–H groups in total. The van der Waals surface area contributed by atoms with Crippen LogP contribution in [0.4, 0.5) is 4.79 Å². The average Bonchev–Trinajstić information content (AvgIpc) is 2.69. The van der Waals surface area contributed by atoms with E-state index in [1.54, 1.807) is 19.1 Å². The van der Waals surface area contributed by atoms with Crippen molar-refractivity contribution in [2.75, 3.05) is 40.4 Å². The Morgan fingerprint density at radius 1 is 1.11 bits per heavy atom. The van der Waals surface area contributed by atoms with Gasteiger partial charge in [-0.15, -0.1) is 0 Å². The Morgan fingerprint density at radius 2 is 1.74 bits per heavy atom. The molecule has 1 heterocycles. The molecule has 0 spiro atoms. The van der Waals surface area contributed by atoms with Crippen molar-refractivity contribution in [3.8, 4) is 11.5 Å². The summed E-state index contributed by atoms with van der Waals surface area (Å²) in [5, 5.41) is 3.08. The molecule has 7 heteroatoms. The van der Waals surface area contributed by atoms with Gasteiger partial charge in [0, 0.05) is 32.2 Å². The van der Waals surface area contributed by atoms with E-state index in [-0.39, 0.29) is 18.0 Å². The van der Waals surface area contributed by atoms with Gasteiger partial charge in [0.05, 0.1) is 20.6 Å². The zero-order valence-electron chi connectivity index (χ0n) is 16.8. The lowest BCUT2D eigenvalue weighted by Gasteiger charge is -2.33. The van der Waals surface area contributed by atoms with Crippen molar-refractivity contribution in [1.82, 2.24) is 15.1 Å². The van der Waals surface area contributed by atoms with Crippen molar-refractivity contribution in [2.45, 2.75) is 39.2 Å². The second-order valence-corrected chi connectivity index (χ2v) is 6.64. The summed E-state index contributed by atoms with van der Waals surface area (Å²) in [6, 6.07) is 5.65. The largest absolute Gasteiger partial charge is 0.493 e. The first kappa shape index (κ1) is 20.9. The number of nitrogens with one attached hydrogen (secondary N) is 1. The van der Waals surface area contributed by atoms with Crippen molar-refractivity contribution in [1.29, 1.82) is 0 Å². The lowest BCUT2D eigenvalue weighted by molar-refractivity contribution is -0.131. The number of methoxy groups -OCH3 is 2. The highest BCUT2D eigenvalue weighted by molar-refractivity contribution is 5.79. The molecule has 2 rings (SSSR count). The first-order valence-corrected chi connectivity index (χ1v) is 9.56. The molecule has 1 fully saturated rings. The Bertz CT molecular complexity index is 638. The fraction of sp³-hybridized carbons (Fsp3) is 0.600. The topological polar surface area (TPSA) is 71.1 Å². The highest BCUT2D eigenvalue weighted by Crippen LogP contribution is 2.28. The van der Waals surface area contributed by atoms with E-state index in [1.165, 1.54) is 0 Å². The molecule has 27 heavy (non-hydrogen) atoms. The van der Waals surface area contributed by atoms with Crippen molar-refractivity contribution < 1.29 is 19.1 Å². The van der Waals surface area contributed by atoms with Gasteiger partial charge in [-0.25, -0.2) is 4.79 Å². The summed E-state index contributed by atoms with van der Waals surface area (Å²) in [6.45, 7) is 6.66. The molecule has 1 aliphatic rings. The van der Waals surface area contributed by atoms with Gasteiger partial charge in [0.1, 0.15) is 0 Å². The highest BCUT2D eigenvalue weighted by atomic mass is 16.5. The monoisotopic (exact) mass is 377 g/mol. The number of urea groups is 1. The van der Waals surface area contributed by atoms with Gasteiger partial charge in [0.15, 0.2) is 11.5 Å². The number of piperidine rings is 1. The summed E-state index contributed by atoms with van der Waals surface area (Å²) in [5.74, 6) is 1.37. The molecule has 7 nitrogen and oxygen atoms in total. The van der Waals surface area contributed by atoms with Crippen LogP contribution >= 0.6 is 0 Å². The normalized spacial score (nSPS) is 14.6. The van der Waals surface area contributed by atoms with Crippen LogP contribution in [0.3, 0.4) is 0 Å². The molecule has 3 amide bonds. The number of likely N-dealkylation sites (tertiary alicyclic amines) is 1. The lowest BCUT2D eigenvalue weighted by atomic mass is 10.0. The van der Waals surface area contributed by atoms with E-state index < -0.39 is 0 Å². The van der Waals surface area contributed by atoms with E-state index in [0.717, 1.165) is 18.4 Å². The molecule has 0 unspecified atom stereocenters. The molecule has 0 radical (unpaired) electrons. The number of rotatable bonds is 7. The molecule has 1 aliphatic heterocycles. The number of carbonyl (C=O) groups excluding carboxylic acids is 2. The first-order valence-electron chi connectivity index (χ1n) is 9.56. The van der Waals surface area contributed by atoms with Crippen molar-refractivity contribution in [3.05, 3.63) is 23.8 Å². The SMILES string of the molecule is CCN(CC)C(=O)NC1CCN(C(=O)Cc2ccc(OC)c(OC)c2)CC1. The Balaban J connectivity index is 1.85. The van der Waals surface area contributed by atoms with Crippen LogP contribution < -0.4 is 14.8 Å². The minimum absolute atomic E-state index is 0.0184. The van der Waals surface area contributed by atoms with Gasteiger partial charge < -0.3 is 24.6 Å². The first-order chi connectivity index (χ1) is 13.0. The van der Waals surface area contributed by atoms with Crippen LogP contribution in [0.1, 0.15) is 32.3 Å². The maximum Gasteiger partial charge on any atom is 0.317 e. The molecule has 1 saturated heterocycles. The zero-order valence-corrected chi connectivity index (χ0v) is 16.8. The maximum absolute atomic E-state index is 12.6. The molecule has 150 valence electrons. The summed E-state index contributed by atoms with van der Waals surface area (Å²) in [5.41, 5.74) is 0.898. The van der Waals surface area contributed by atoms with Crippen molar-refractivity contribution in [3.63, 3.8) is 0 Å². The average molecular weight is 377 g/mol. The van der Waals surface area contributed by atoms with Gasteiger partial charge >= 0.3 is 6.03 Å². The van der Waals surface area contributed by atoms with Crippen LogP contribution in [-0.4, -0.2) is 68.2 Å². The Kier molecular flexibility index (Phi) is 7.76. The van der Waals surface area contributed by atoms with Crippen LogP contribution in [-0.2, 0) is 11.2 Å². The molecule has 0 bridgehead atoms. The second-order valence-electron chi connectivity index (χ2n) is 6.64. The van der Waals surface area contributed by atoms with Gasteiger partial charge in [-0.2, -0.15) is 0 Å². The highest BCUT2D eigenvalue weighted by Gasteiger charge is 2.25. The summed E-state index contributed by atoms with van der Waals surface area (Å²) in [4.78, 5) is 28.4. The summed E-state index contributed by atoms with van der Waals surface area (Å²) >= 11 is 0. The fourth-order valence-electron chi connectivity index (χ4n) is 3.33. The molecule has 1 aromatic rings. The Labute approximate surface area is 161 Å². The predicted molar refractivity (Wildman–Crippen MR) is 104 cm³/mol. The summed E-state index contributed by atoms with van der Waals surface area (Å²) in [7, 11) is 3.17. The zero-order chi connectivity index (χ0) is 19.8. The van der Waals surface area contributed by atoms with Gasteiger partial charge in [-0.1, -0.05) is 6.07 Å². The molecule has 0 aromatic heterocycles. The van der Waals surface area contributed by atoms with Crippen LogP contribution in [0.25, 0.3) is 0 Å². The van der Waals surface area contributed by atoms with E-state index in [9.17, 15) is 9.59 Å². The van der Waals surface area contributed by atoms with Crippen molar-refractivity contribution in [2.24, 2.45) is 0 Å². The maximum atomic E-state index is 12.6. The number of amides is 3. The standard InChI is InChI=1S/C20H31N3O4/c1-5-22(6-2)20(25)21-16-9-11-23(12-10-16)19(24)14-15-7-8-17(26-3)18(13-15)27-4/h7-8,13,16H,5-6,9-12,14H2,1-4H3,(H,21,25). The summed E-state index contributed by atoms with van der Waals surface area (Å²) < 4.78 is 10.5. The van der Waals surface area contributed by atoms with Gasteiger partial charge in [-0.05, 0) is 44.4 Å². The Hall–Kier alpha value is -2.44. The molecule has 0 atom stereocenters. The van der Waals surface area contributed by atoms with E-state index in [2.05, 4.69) is 5.32 Å². The van der Waals surface area contributed by atoms with Crippen LogP contribution in [0.5, 0.6) is 11.5 Å². The van der Waals surface area contributed by atoms with Gasteiger partial charge in [0.2, 0.25) is 5.91 Å². The number of carbonyl (C=O) groups is 2. The predicted octanol–water partition coefficient (Wildman–Crippen LogP) is 2.29. The molecule has 0 saturated carbocycles. The fourth-order valence-corrected chi connectivity index (χ4v) is 3.33. The van der Waals surface area contributed by atoms with E-state index in [4.69, 9.17) is 9.47 Å². The van der Waals surface area contributed by atoms with Crippen molar-refractivity contribution >= 4 is 11.9 Å². The van der Waals surface area contributed by atoms with E-state index in [1.807, 2.05) is 36.9 Å². The number of hydrogen-bond donors (Lipinski definition) is 1. The number of hydrogen-bond acceptors (Lipinski definition) is 4. The van der Waals surface area contributed by atoms with Crippen LogP contribution in [0.2, 0.25) is 0 Å².